The van der Waals surface area contributed by atoms with Crippen LogP contribution in [-0.2, 0) is 0 Å². The molecule has 0 fully saturated rings. The molecule has 94 valence electrons. The van der Waals surface area contributed by atoms with E-state index in [0.29, 0.717) is 17.2 Å². The molecule has 0 aliphatic heterocycles. The Kier molecular flexibility index (Phi) is 3.62. The molecule has 0 unspecified atom stereocenters. The average molecular weight is 251 g/mol. The Morgan fingerprint density at radius 3 is 1.72 bits per heavy atom. The molecule has 0 saturated carbocycles. The van der Waals surface area contributed by atoms with Gasteiger partial charge >= 0.3 is 6.61 Å². The number of hydrogen-bond donors (Lipinski definition) is 1. The summed E-state index contributed by atoms with van der Waals surface area (Å²) in [6, 6.07) is 12.8. The fraction of sp³-hybridized carbons (Fsp3) is 0.0769. The van der Waals surface area contributed by atoms with E-state index in [1.54, 1.807) is 36.4 Å². The van der Waals surface area contributed by atoms with Gasteiger partial charge in [0.15, 0.2) is 0 Å². The van der Waals surface area contributed by atoms with Crippen LogP contribution < -0.4 is 15.2 Å². The third kappa shape index (κ3) is 3.35. The maximum absolute atomic E-state index is 11.9. The zero-order valence-corrected chi connectivity index (χ0v) is 9.35. The van der Waals surface area contributed by atoms with Gasteiger partial charge in [-0.1, -0.05) is 0 Å². The fourth-order valence-corrected chi connectivity index (χ4v) is 1.36. The van der Waals surface area contributed by atoms with Crippen LogP contribution >= 0.6 is 0 Å². The molecule has 2 rings (SSSR count). The number of benzene rings is 2. The van der Waals surface area contributed by atoms with E-state index in [-0.39, 0.29) is 5.75 Å². The van der Waals surface area contributed by atoms with E-state index in [2.05, 4.69) is 4.74 Å². The highest BCUT2D eigenvalue weighted by Crippen LogP contribution is 2.25. The zero-order valence-electron chi connectivity index (χ0n) is 9.35. The van der Waals surface area contributed by atoms with Gasteiger partial charge in [-0.15, -0.1) is 0 Å². The van der Waals surface area contributed by atoms with Gasteiger partial charge in [0.25, 0.3) is 0 Å². The van der Waals surface area contributed by atoms with Crippen LogP contribution in [0.25, 0.3) is 0 Å². The molecule has 2 aromatic rings. The third-order valence-electron chi connectivity index (χ3n) is 2.16. The molecule has 0 aliphatic rings. The standard InChI is InChI=1S/C13H11F2NO2/c14-13(15)18-12-7-5-11(6-8-12)17-10-3-1-9(16)2-4-10/h1-8,13H,16H2. The van der Waals surface area contributed by atoms with Gasteiger partial charge in [0.05, 0.1) is 0 Å². The van der Waals surface area contributed by atoms with Crippen molar-refractivity contribution in [2.45, 2.75) is 6.61 Å². The van der Waals surface area contributed by atoms with Gasteiger partial charge in [0.1, 0.15) is 17.2 Å². The number of halogens is 2. The summed E-state index contributed by atoms with van der Waals surface area (Å²) in [4.78, 5) is 0. The van der Waals surface area contributed by atoms with Gasteiger partial charge in [-0.05, 0) is 48.5 Å². The first-order chi connectivity index (χ1) is 8.63. The Labute approximate surface area is 103 Å². The lowest BCUT2D eigenvalue weighted by molar-refractivity contribution is -0.0498. The van der Waals surface area contributed by atoms with Crippen molar-refractivity contribution in [3.8, 4) is 17.2 Å². The number of nitrogen functional groups attached to an aromatic ring is 1. The summed E-state index contributed by atoms with van der Waals surface area (Å²) < 4.78 is 33.6. The SMILES string of the molecule is Nc1ccc(Oc2ccc(OC(F)F)cc2)cc1. The van der Waals surface area contributed by atoms with Crippen molar-refractivity contribution in [1.29, 1.82) is 0 Å². The van der Waals surface area contributed by atoms with Crippen LogP contribution in [0.4, 0.5) is 14.5 Å². The summed E-state index contributed by atoms with van der Waals surface area (Å²) in [6.45, 7) is -2.83. The van der Waals surface area contributed by atoms with E-state index in [9.17, 15) is 8.78 Å². The summed E-state index contributed by atoms with van der Waals surface area (Å²) in [5.41, 5.74) is 6.18. The van der Waals surface area contributed by atoms with E-state index >= 15 is 0 Å². The predicted octanol–water partition coefficient (Wildman–Crippen LogP) is 3.66. The minimum atomic E-state index is -2.83. The first-order valence-corrected chi connectivity index (χ1v) is 5.22. The number of ether oxygens (including phenoxy) is 2. The summed E-state index contributed by atoms with van der Waals surface area (Å²) >= 11 is 0. The largest absolute Gasteiger partial charge is 0.457 e. The molecular formula is C13H11F2NO2. The molecule has 0 heterocycles. The topological polar surface area (TPSA) is 44.5 Å². The number of anilines is 1. The lowest BCUT2D eigenvalue weighted by atomic mass is 10.3. The van der Waals surface area contributed by atoms with E-state index < -0.39 is 6.61 Å². The molecule has 0 amide bonds. The Balaban J connectivity index is 2.04. The first-order valence-electron chi connectivity index (χ1n) is 5.22. The predicted molar refractivity (Wildman–Crippen MR) is 64.0 cm³/mol. The van der Waals surface area contributed by atoms with Crippen LogP contribution in [0.1, 0.15) is 0 Å². The molecule has 3 nitrogen and oxygen atoms in total. The van der Waals surface area contributed by atoms with Crippen molar-refractivity contribution >= 4 is 5.69 Å². The van der Waals surface area contributed by atoms with Crippen LogP contribution in [0.2, 0.25) is 0 Å². The summed E-state index contributed by atoms with van der Waals surface area (Å²) in [5, 5.41) is 0. The molecule has 0 atom stereocenters. The highest BCUT2D eigenvalue weighted by molar-refractivity contribution is 5.43. The molecule has 0 radical (unpaired) electrons. The summed E-state index contributed by atoms with van der Waals surface area (Å²) in [6.07, 6.45) is 0. The fourth-order valence-electron chi connectivity index (χ4n) is 1.36. The lowest BCUT2D eigenvalue weighted by Gasteiger charge is -2.07. The quantitative estimate of drug-likeness (QED) is 0.843. The van der Waals surface area contributed by atoms with Gasteiger partial charge in [0.2, 0.25) is 0 Å². The van der Waals surface area contributed by atoms with Gasteiger partial charge in [-0.25, -0.2) is 0 Å². The maximum atomic E-state index is 11.9. The Morgan fingerprint density at radius 1 is 0.778 bits per heavy atom. The molecular weight excluding hydrogens is 240 g/mol. The Morgan fingerprint density at radius 2 is 1.22 bits per heavy atom. The summed E-state index contributed by atoms with van der Waals surface area (Å²) in [7, 11) is 0. The molecule has 2 aromatic carbocycles. The van der Waals surface area contributed by atoms with E-state index in [1.165, 1.54) is 12.1 Å². The van der Waals surface area contributed by atoms with Crippen molar-refractivity contribution in [2.75, 3.05) is 5.73 Å². The van der Waals surface area contributed by atoms with Crippen LogP contribution in [0, 0.1) is 0 Å². The molecule has 18 heavy (non-hydrogen) atoms. The van der Waals surface area contributed by atoms with Crippen LogP contribution in [-0.4, -0.2) is 6.61 Å². The second-order valence-corrected chi connectivity index (χ2v) is 3.52. The normalized spacial score (nSPS) is 10.4. The number of alkyl halides is 2. The lowest BCUT2D eigenvalue weighted by Crippen LogP contribution is -2.01. The molecule has 0 aromatic heterocycles. The van der Waals surface area contributed by atoms with Crippen molar-refractivity contribution in [1.82, 2.24) is 0 Å². The zero-order chi connectivity index (χ0) is 13.0. The van der Waals surface area contributed by atoms with Gasteiger partial charge in [0, 0.05) is 5.69 Å². The van der Waals surface area contributed by atoms with Crippen molar-refractivity contribution in [2.24, 2.45) is 0 Å². The van der Waals surface area contributed by atoms with Crippen LogP contribution in [0.5, 0.6) is 17.2 Å². The molecule has 5 heteroatoms. The number of hydrogen-bond acceptors (Lipinski definition) is 3. The van der Waals surface area contributed by atoms with Crippen LogP contribution in [0.3, 0.4) is 0 Å². The molecule has 0 aliphatic carbocycles. The van der Waals surface area contributed by atoms with E-state index in [0.717, 1.165) is 0 Å². The summed E-state index contributed by atoms with van der Waals surface area (Å²) in [5.74, 6) is 1.24. The van der Waals surface area contributed by atoms with Gasteiger partial charge < -0.3 is 15.2 Å². The molecule has 0 saturated heterocycles. The highest BCUT2D eigenvalue weighted by Gasteiger charge is 2.04. The smallest absolute Gasteiger partial charge is 0.387 e. The Hall–Kier alpha value is -2.30. The minimum absolute atomic E-state index is 0.0923. The van der Waals surface area contributed by atoms with Crippen molar-refractivity contribution in [3.63, 3.8) is 0 Å². The number of rotatable bonds is 4. The van der Waals surface area contributed by atoms with Crippen molar-refractivity contribution < 1.29 is 18.3 Å². The minimum Gasteiger partial charge on any atom is -0.457 e. The van der Waals surface area contributed by atoms with Gasteiger partial charge in [-0.3, -0.25) is 0 Å². The first kappa shape index (κ1) is 12.2. The molecule has 2 N–H and O–H groups in total. The van der Waals surface area contributed by atoms with Crippen molar-refractivity contribution in [3.05, 3.63) is 48.5 Å². The third-order valence-corrected chi connectivity index (χ3v) is 2.16. The van der Waals surface area contributed by atoms with E-state index in [1.807, 2.05) is 0 Å². The molecule has 0 bridgehead atoms. The Bertz CT molecular complexity index is 497. The monoisotopic (exact) mass is 251 g/mol. The second-order valence-electron chi connectivity index (χ2n) is 3.52. The van der Waals surface area contributed by atoms with Gasteiger partial charge in [-0.2, -0.15) is 8.78 Å². The van der Waals surface area contributed by atoms with Crippen LogP contribution in [0.15, 0.2) is 48.5 Å². The van der Waals surface area contributed by atoms with E-state index in [4.69, 9.17) is 10.5 Å². The number of nitrogens with two attached hydrogens (primary N) is 1. The average Bonchev–Trinajstić information content (AvgIpc) is 2.34. The molecule has 0 spiro atoms. The second kappa shape index (κ2) is 5.35. The highest BCUT2D eigenvalue weighted by atomic mass is 19.3. The maximum Gasteiger partial charge on any atom is 0.387 e.